The molecule has 0 bridgehead atoms. The zero-order valence-corrected chi connectivity index (χ0v) is 12.8. The van der Waals surface area contributed by atoms with Crippen LogP contribution in [-0.2, 0) is 4.74 Å². The minimum Gasteiger partial charge on any atom is -0.383 e. The Hall–Kier alpha value is -1.43. The number of methoxy groups -OCH3 is 1. The summed E-state index contributed by atoms with van der Waals surface area (Å²) in [6.07, 6.45) is 2.29. The number of pyridine rings is 1. The first kappa shape index (κ1) is 15.9. The summed E-state index contributed by atoms with van der Waals surface area (Å²) in [5, 5.41) is 2.83. The standard InChI is InChI=1S/C15H23F2N3O/c1-4-18-14-12(16)9-13(17)15(19-14)20(7-8-21-3)10(2)11-5-6-11/h9-11H,4-8H2,1-3H3,(H,18,19). The molecule has 1 aliphatic carbocycles. The second kappa shape index (κ2) is 7.02. The summed E-state index contributed by atoms with van der Waals surface area (Å²) in [4.78, 5) is 6.04. The molecule has 21 heavy (non-hydrogen) atoms. The number of nitrogens with one attached hydrogen (secondary N) is 1. The molecule has 1 N–H and O–H groups in total. The van der Waals surface area contributed by atoms with Gasteiger partial charge in [0, 0.05) is 32.3 Å². The molecule has 0 amide bonds. The van der Waals surface area contributed by atoms with Gasteiger partial charge in [-0.3, -0.25) is 0 Å². The molecule has 1 aromatic rings. The molecular weight excluding hydrogens is 276 g/mol. The van der Waals surface area contributed by atoms with Crippen LogP contribution in [0.1, 0.15) is 26.7 Å². The summed E-state index contributed by atoms with van der Waals surface area (Å²) in [5.74, 6) is -0.444. The molecule has 1 fully saturated rings. The summed E-state index contributed by atoms with van der Waals surface area (Å²) in [6, 6.07) is 1.07. The minimum absolute atomic E-state index is 0.0966. The van der Waals surface area contributed by atoms with Crippen LogP contribution in [0.2, 0.25) is 0 Å². The van der Waals surface area contributed by atoms with E-state index in [9.17, 15) is 8.78 Å². The van der Waals surface area contributed by atoms with Gasteiger partial charge in [-0.1, -0.05) is 0 Å². The predicted octanol–water partition coefficient (Wildman–Crippen LogP) is 3.04. The average molecular weight is 299 g/mol. The topological polar surface area (TPSA) is 37.4 Å². The third kappa shape index (κ3) is 3.81. The molecule has 4 nitrogen and oxygen atoms in total. The Morgan fingerprint density at radius 2 is 2.14 bits per heavy atom. The number of hydrogen-bond donors (Lipinski definition) is 1. The molecule has 0 aliphatic heterocycles. The SMILES string of the molecule is CCNc1nc(N(CCOC)C(C)C2CC2)c(F)cc1F. The highest BCUT2D eigenvalue weighted by Gasteiger charge is 2.34. The van der Waals surface area contributed by atoms with Crippen LogP contribution in [0.3, 0.4) is 0 Å². The lowest BCUT2D eigenvalue weighted by Gasteiger charge is -2.31. The van der Waals surface area contributed by atoms with Gasteiger partial charge in [0.25, 0.3) is 0 Å². The van der Waals surface area contributed by atoms with E-state index >= 15 is 0 Å². The van der Waals surface area contributed by atoms with Gasteiger partial charge in [0.05, 0.1) is 6.61 Å². The largest absolute Gasteiger partial charge is 0.383 e. The normalized spacial score (nSPS) is 15.9. The van der Waals surface area contributed by atoms with E-state index in [1.807, 2.05) is 11.8 Å². The fraction of sp³-hybridized carbons (Fsp3) is 0.667. The van der Waals surface area contributed by atoms with Crippen molar-refractivity contribution in [3.8, 4) is 0 Å². The maximum Gasteiger partial charge on any atom is 0.168 e. The molecule has 0 saturated heterocycles. The Balaban J connectivity index is 2.30. The van der Waals surface area contributed by atoms with Crippen LogP contribution in [-0.4, -0.2) is 37.8 Å². The molecule has 2 rings (SSSR count). The average Bonchev–Trinajstić information content (AvgIpc) is 3.28. The summed E-state index contributed by atoms with van der Waals surface area (Å²) in [6.45, 7) is 5.46. The number of aromatic nitrogens is 1. The van der Waals surface area contributed by atoms with Crippen LogP contribution >= 0.6 is 0 Å². The van der Waals surface area contributed by atoms with Crippen molar-refractivity contribution in [1.82, 2.24) is 4.98 Å². The lowest BCUT2D eigenvalue weighted by atomic mass is 10.1. The van der Waals surface area contributed by atoms with Gasteiger partial charge in [-0.2, -0.15) is 0 Å². The lowest BCUT2D eigenvalue weighted by molar-refractivity contribution is 0.202. The first-order valence-electron chi connectivity index (χ1n) is 7.44. The van der Waals surface area contributed by atoms with E-state index in [0.29, 0.717) is 25.6 Å². The molecule has 0 spiro atoms. The Bertz CT molecular complexity index is 480. The highest BCUT2D eigenvalue weighted by atomic mass is 19.1. The third-order valence-corrected chi connectivity index (χ3v) is 3.86. The van der Waals surface area contributed by atoms with E-state index in [0.717, 1.165) is 18.9 Å². The number of hydrogen-bond acceptors (Lipinski definition) is 4. The van der Waals surface area contributed by atoms with Gasteiger partial charge in [0.15, 0.2) is 23.3 Å². The Labute approximate surface area is 124 Å². The van der Waals surface area contributed by atoms with Crippen molar-refractivity contribution >= 4 is 11.6 Å². The van der Waals surface area contributed by atoms with Gasteiger partial charge < -0.3 is 15.0 Å². The van der Waals surface area contributed by atoms with E-state index in [-0.39, 0.29) is 17.7 Å². The molecule has 1 atom stereocenters. The van der Waals surface area contributed by atoms with Gasteiger partial charge in [-0.05, 0) is 32.6 Å². The molecule has 0 radical (unpaired) electrons. The molecule has 6 heteroatoms. The molecule has 1 saturated carbocycles. The zero-order valence-electron chi connectivity index (χ0n) is 12.8. The van der Waals surface area contributed by atoms with Crippen LogP contribution in [0.25, 0.3) is 0 Å². The number of rotatable bonds is 8. The smallest absolute Gasteiger partial charge is 0.168 e. The second-order valence-electron chi connectivity index (χ2n) is 5.42. The second-order valence-corrected chi connectivity index (χ2v) is 5.42. The van der Waals surface area contributed by atoms with Gasteiger partial charge in [0.2, 0.25) is 0 Å². The van der Waals surface area contributed by atoms with E-state index in [2.05, 4.69) is 17.2 Å². The number of halogens is 2. The Morgan fingerprint density at radius 1 is 1.43 bits per heavy atom. The summed E-state index contributed by atoms with van der Waals surface area (Å²) in [5.41, 5.74) is 0. The summed E-state index contributed by atoms with van der Waals surface area (Å²) >= 11 is 0. The van der Waals surface area contributed by atoms with Gasteiger partial charge >= 0.3 is 0 Å². The van der Waals surface area contributed by atoms with E-state index in [1.54, 1.807) is 7.11 Å². The summed E-state index contributed by atoms with van der Waals surface area (Å²) in [7, 11) is 1.61. The molecule has 118 valence electrons. The molecule has 1 unspecified atom stereocenters. The van der Waals surface area contributed by atoms with Crippen molar-refractivity contribution in [1.29, 1.82) is 0 Å². The fourth-order valence-corrected chi connectivity index (χ4v) is 2.47. The van der Waals surface area contributed by atoms with Crippen LogP contribution in [0.4, 0.5) is 20.4 Å². The maximum atomic E-state index is 14.2. The van der Waals surface area contributed by atoms with Crippen LogP contribution in [0.15, 0.2) is 6.07 Å². The predicted molar refractivity (Wildman–Crippen MR) is 79.7 cm³/mol. The van der Waals surface area contributed by atoms with Crippen molar-refractivity contribution < 1.29 is 13.5 Å². The number of ether oxygens (including phenoxy) is 1. The van der Waals surface area contributed by atoms with Crippen molar-refractivity contribution in [2.75, 3.05) is 37.0 Å². The van der Waals surface area contributed by atoms with E-state index in [4.69, 9.17) is 4.74 Å². The van der Waals surface area contributed by atoms with E-state index < -0.39 is 11.6 Å². The fourth-order valence-electron chi connectivity index (χ4n) is 2.47. The molecule has 1 aliphatic rings. The minimum atomic E-state index is -0.663. The van der Waals surface area contributed by atoms with Gasteiger partial charge in [0.1, 0.15) is 0 Å². The van der Waals surface area contributed by atoms with Gasteiger partial charge in [-0.15, -0.1) is 0 Å². The highest BCUT2D eigenvalue weighted by Crippen LogP contribution is 2.37. The van der Waals surface area contributed by atoms with Crippen molar-refractivity contribution in [3.63, 3.8) is 0 Å². The summed E-state index contributed by atoms with van der Waals surface area (Å²) < 4.78 is 33.0. The number of anilines is 2. The van der Waals surface area contributed by atoms with Crippen LogP contribution in [0.5, 0.6) is 0 Å². The highest BCUT2D eigenvalue weighted by molar-refractivity contribution is 5.50. The Kier molecular flexibility index (Phi) is 5.33. The van der Waals surface area contributed by atoms with Crippen molar-refractivity contribution in [2.45, 2.75) is 32.7 Å². The van der Waals surface area contributed by atoms with E-state index in [1.165, 1.54) is 0 Å². The molecule has 1 aromatic heterocycles. The zero-order chi connectivity index (χ0) is 15.4. The first-order chi connectivity index (χ1) is 10.1. The Morgan fingerprint density at radius 3 is 2.71 bits per heavy atom. The molecular formula is C15H23F2N3O. The van der Waals surface area contributed by atoms with Gasteiger partial charge in [-0.25, -0.2) is 13.8 Å². The monoisotopic (exact) mass is 299 g/mol. The lowest BCUT2D eigenvalue weighted by Crippen LogP contribution is -2.38. The first-order valence-corrected chi connectivity index (χ1v) is 7.44. The molecule has 1 heterocycles. The van der Waals surface area contributed by atoms with Crippen LogP contribution < -0.4 is 10.2 Å². The molecule has 0 aromatic carbocycles. The number of nitrogens with zero attached hydrogens (tertiary/aromatic N) is 2. The third-order valence-electron chi connectivity index (χ3n) is 3.86. The quantitative estimate of drug-likeness (QED) is 0.800. The van der Waals surface area contributed by atoms with Crippen molar-refractivity contribution in [2.24, 2.45) is 5.92 Å². The maximum absolute atomic E-state index is 14.2. The van der Waals surface area contributed by atoms with Crippen molar-refractivity contribution in [3.05, 3.63) is 17.7 Å². The van der Waals surface area contributed by atoms with Crippen LogP contribution in [0, 0.1) is 17.6 Å².